The summed E-state index contributed by atoms with van der Waals surface area (Å²) in [5, 5.41) is 11.3. The Hall–Kier alpha value is -3.14. The predicted octanol–water partition coefficient (Wildman–Crippen LogP) is 4.95. The maximum Gasteiger partial charge on any atom is 0.343 e. The number of hydrogen-bond acceptors (Lipinski definition) is 6. The molecule has 0 fully saturated rings. The van der Waals surface area contributed by atoms with Crippen LogP contribution in [-0.4, -0.2) is 26.4 Å². The summed E-state index contributed by atoms with van der Waals surface area (Å²) in [5.41, 5.74) is -0.139. The van der Waals surface area contributed by atoms with Crippen LogP contribution in [0.4, 0.5) is 11.4 Å². The van der Waals surface area contributed by atoms with Gasteiger partial charge >= 0.3 is 5.97 Å². The molecule has 0 atom stereocenters. The Bertz CT molecular complexity index is 1250. The first-order valence-electron chi connectivity index (χ1n) is 8.60. The zero-order valence-electron chi connectivity index (χ0n) is 15.9. The van der Waals surface area contributed by atoms with Crippen molar-refractivity contribution in [1.29, 1.82) is 0 Å². The molecule has 0 aromatic heterocycles. The van der Waals surface area contributed by atoms with Gasteiger partial charge in [-0.15, -0.1) is 0 Å². The maximum atomic E-state index is 12.7. The van der Waals surface area contributed by atoms with Crippen molar-refractivity contribution in [3.8, 4) is 5.75 Å². The zero-order chi connectivity index (χ0) is 22.8. The number of nitro benzene ring substituents is 1. The predicted molar refractivity (Wildman–Crippen MR) is 117 cm³/mol. The lowest BCUT2D eigenvalue weighted by molar-refractivity contribution is -0.384. The van der Waals surface area contributed by atoms with Crippen molar-refractivity contribution in [2.24, 2.45) is 0 Å². The molecule has 3 aromatic carbocycles. The van der Waals surface area contributed by atoms with Gasteiger partial charge in [0.05, 0.1) is 21.1 Å². The van der Waals surface area contributed by atoms with Crippen LogP contribution in [0, 0.1) is 10.1 Å². The van der Waals surface area contributed by atoms with E-state index < -0.39 is 26.6 Å². The van der Waals surface area contributed by atoms with Gasteiger partial charge in [0.25, 0.3) is 15.7 Å². The van der Waals surface area contributed by atoms with Crippen molar-refractivity contribution in [1.82, 2.24) is 0 Å². The summed E-state index contributed by atoms with van der Waals surface area (Å²) >= 11 is 11.5. The van der Waals surface area contributed by atoms with Crippen LogP contribution in [0.2, 0.25) is 10.0 Å². The summed E-state index contributed by atoms with van der Waals surface area (Å²) in [7, 11) is -2.43. The summed E-state index contributed by atoms with van der Waals surface area (Å²) in [5.74, 6) is -0.696. The monoisotopic (exact) mass is 480 g/mol. The minimum absolute atomic E-state index is 0.0531. The fourth-order valence-electron chi connectivity index (χ4n) is 2.57. The molecule has 0 saturated heterocycles. The van der Waals surface area contributed by atoms with Gasteiger partial charge in [-0.3, -0.25) is 14.4 Å². The number of carbonyl (C=O) groups is 1. The highest BCUT2D eigenvalue weighted by Crippen LogP contribution is 2.27. The Balaban J connectivity index is 1.77. The minimum Gasteiger partial charge on any atom is -0.423 e. The van der Waals surface area contributed by atoms with Gasteiger partial charge in [-0.2, -0.15) is 0 Å². The van der Waals surface area contributed by atoms with E-state index in [0.29, 0.717) is 10.7 Å². The third-order valence-electron chi connectivity index (χ3n) is 4.26. The molecular weight excluding hydrogens is 467 g/mol. The molecule has 31 heavy (non-hydrogen) atoms. The first-order chi connectivity index (χ1) is 14.6. The van der Waals surface area contributed by atoms with Crippen LogP contribution in [0.1, 0.15) is 10.4 Å². The van der Waals surface area contributed by atoms with Gasteiger partial charge < -0.3 is 4.74 Å². The van der Waals surface area contributed by atoms with Crippen LogP contribution in [0.25, 0.3) is 0 Å². The quantitative estimate of drug-likeness (QED) is 0.214. The van der Waals surface area contributed by atoms with Gasteiger partial charge in [-0.05, 0) is 60.7 Å². The van der Waals surface area contributed by atoms with Crippen LogP contribution in [0.15, 0.2) is 71.6 Å². The molecule has 0 amide bonds. The molecule has 3 rings (SSSR count). The van der Waals surface area contributed by atoms with Crippen LogP contribution < -0.4 is 9.04 Å². The van der Waals surface area contributed by atoms with Gasteiger partial charge in [0, 0.05) is 18.1 Å². The standard InChI is InChI=1S/C20H14Cl2N2O6S/c1-23(31(28,29)17-9-3-14(21)4-10-17)15-5-7-16(8-6-15)30-20(25)13-2-11-18(22)19(12-13)24(26)27/h2-12H,1H3. The molecule has 0 aliphatic rings. The van der Waals surface area contributed by atoms with E-state index in [1.54, 1.807) is 0 Å². The summed E-state index contributed by atoms with van der Waals surface area (Å²) < 4.78 is 31.8. The second-order valence-corrected chi connectivity index (χ2v) is 9.05. The number of ether oxygens (including phenoxy) is 1. The van der Waals surface area contributed by atoms with Crippen LogP contribution in [0.5, 0.6) is 5.75 Å². The first kappa shape index (κ1) is 22.5. The van der Waals surface area contributed by atoms with E-state index >= 15 is 0 Å². The highest BCUT2D eigenvalue weighted by Gasteiger charge is 2.22. The van der Waals surface area contributed by atoms with Crippen LogP contribution in [-0.2, 0) is 10.0 Å². The van der Waals surface area contributed by atoms with Gasteiger partial charge in [0.2, 0.25) is 0 Å². The molecule has 0 N–H and O–H groups in total. The molecule has 0 heterocycles. The number of rotatable bonds is 6. The minimum atomic E-state index is -3.81. The van der Waals surface area contributed by atoms with Gasteiger partial charge in [-0.25, -0.2) is 13.2 Å². The average Bonchev–Trinajstić information content (AvgIpc) is 2.74. The summed E-state index contributed by atoms with van der Waals surface area (Å²) in [4.78, 5) is 22.6. The Morgan fingerprint density at radius 1 is 1.00 bits per heavy atom. The van der Waals surface area contributed by atoms with E-state index in [0.717, 1.165) is 10.4 Å². The molecule has 0 saturated carbocycles. The Morgan fingerprint density at radius 2 is 1.61 bits per heavy atom. The second kappa shape index (κ2) is 8.93. The van der Waals surface area contributed by atoms with E-state index in [-0.39, 0.29) is 21.2 Å². The van der Waals surface area contributed by atoms with Crippen LogP contribution in [0.3, 0.4) is 0 Å². The summed E-state index contributed by atoms with van der Waals surface area (Å²) in [6.07, 6.45) is 0. The van der Waals surface area contributed by atoms with Crippen molar-refractivity contribution >= 4 is 50.6 Å². The van der Waals surface area contributed by atoms with Crippen molar-refractivity contribution in [2.45, 2.75) is 4.90 Å². The van der Waals surface area contributed by atoms with E-state index in [2.05, 4.69) is 0 Å². The van der Waals surface area contributed by atoms with Crippen molar-refractivity contribution in [2.75, 3.05) is 11.4 Å². The summed E-state index contributed by atoms with van der Waals surface area (Å²) in [6, 6.07) is 15.0. The smallest absolute Gasteiger partial charge is 0.343 e. The molecule has 0 radical (unpaired) electrons. The van der Waals surface area contributed by atoms with Gasteiger partial charge in [-0.1, -0.05) is 23.2 Å². The van der Waals surface area contributed by atoms with Crippen molar-refractivity contribution in [3.05, 3.63) is 92.5 Å². The normalized spacial score (nSPS) is 11.1. The number of nitrogens with zero attached hydrogens (tertiary/aromatic N) is 2. The third-order valence-corrected chi connectivity index (χ3v) is 6.63. The fourth-order valence-corrected chi connectivity index (χ4v) is 4.08. The molecule has 160 valence electrons. The largest absolute Gasteiger partial charge is 0.423 e. The lowest BCUT2D eigenvalue weighted by Crippen LogP contribution is -2.26. The van der Waals surface area contributed by atoms with E-state index in [1.807, 2.05) is 0 Å². The summed E-state index contributed by atoms with van der Waals surface area (Å²) in [6.45, 7) is 0. The molecule has 0 aliphatic carbocycles. The number of halogens is 2. The molecule has 0 bridgehead atoms. The van der Waals surface area contributed by atoms with Gasteiger partial charge in [0.1, 0.15) is 10.8 Å². The zero-order valence-corrected chi connectivity index (χ0v) is 18.2. The number of sulfonamides is 1. The highest BCUT2D eigenvalue weighted by atomic mass is 35.5. The second-order valence-electron chi connectivity index (χ2n) is 6.23. The first-order valence-corrected chi connectivity index (χ1v) is 10.8. The molecule has 3 aromatic rings. The molecule has 0 aliphatic heterocycles. The highest BCUT2D eigenvalue weighted by molar-refractivity contribution is 7.92. The molecular formula is C20H14Cl2N2O6S. The van der Waals surface area contributed by atoms with Gasteiger partial charge in [0.15, 0.2) is 0 Å². The lowest BCUT2D eigenvalue weighted by Gasteiger charge is -2.19. The number of carbonyl (C=O) groups excluding carboxylic acids is 1. The van der Waals surface area contributed by atoms with E-state index in [1.165, 1.54) is 67.7 Å². The SMILES string of the molecule is CN(c1ccc(OC(=O)c2ccc(Cl)c([N+](=O)[O-])c2)cc1)S(=O)(=O)c1ccc(Cl)cc1. The third kappa shape index (κ3) is 4.96. The number of benzene rings is 3. The Labute approximate surface area is 187 Å². The number of hydrogen-bond donors (Lipinski definition) is 0. The molecule has 0 spiro atoms. The molecule has 11 heteroatoms. The number of esters is 1. The fraction of sp³-hybridized carbons (Fsp3) is 0.0500. The number of nitro groups is 1. The average molecular weight is 481 g/mol. The van der Waals surface area contributed by atoms with Crippen molar-refractivity contribution < 1.29 is 22.9 Å². The Morgan fingerprint density at radius 3 is 2.19 bits per heavy atom. The number of anilines is 1. The molecule has 0 unspecified atom stereocenters. The topological polar surface area (TPSA) is 107 Å². The van der Waals surface area contributed by atoms with E-state index in [4.69, 9.17) is 27.9 Å². The van der Waals surface area contributed by atoms with Crippen LogP contribution >= 0.6 is 23.2 Å². The Kier molecular flexibility index (Phi) is 6.49. The lowest BCUT2D eigenvalue weighted by atomic mass is 10.2. The van der Waals surface area contributed by atoms with Crippen molar-refractivity contribution in [3.63, 3.8) is 0 Å². The molecule has 8 nitrogen and oxygen atoms in total. The van der Waals surface area contributed by atoms with E-state index in [9.17, 15) is 23.3 Å². The maximum absolute atomic E-state index is 12.7.